The molecule has 1 aliphatic carbocycles. The van der Waals surface area contributed by atoms with E-state index in [1.165, 1.54) is 42.4 Å². The third-order valence-electron chi connectivity index (χ3n) is 6.64. The van der Waals surface area contributed by atoms with Gasteiger partial charge in [0.1, 0.15) is 12.4 Å². The number of aromatic nitrogens is 3. The lowest BCUT2D eigenvalue weighted by molar-refractivity contribution is -0.384. The van der Waals surface area contributed by atoms with Crippen molar-refractivity contribution in [2.75, 3.05) is 11.1 Å². The standard InChI is InChI=1S/C27H32BrN5O4S/c1-17(2)22-14-23(28)18(3)13-24(22)37-15-25-30-31-27(32(25)20-7-5-4-6-8-20)38-16-26(34)29-19-9-11-21(12-10-19)33(35)36/h9-14,17,20H,4-8,15-16H2,1-3H3,(H,29,34). The molecule has 1 N–H and O–H groups in total. The van der Waals surface area contributed by atoms with Crippen LogP contribution in [0.3, 0.4) is 0 Å². The Morgan fingerprint density at radius 2 is 1.92 bits per heavy atom. The molecular weight excluding hydrogens is 570 g/mol. The monoisotopic (exact) mass is 601 g/mol. The van der Waals surface area contributed by atoms with E-state index in [2.05, 4.69) is 62.0 Å². The van der Waals surface area contributed by atoms with E-state index in [0.717, 1.165) is 52.9 Å². The summed E-state index contributed by atoms with van der Waals surface area (Å²) in [6.07, 6.45) is 5.61. The van der Waals surface area contributed by atoms with Gasteiger partial charge >= 0.3 is 0 Å². The first-order valence-electron chi connectivity index (χ1n) is 12.8. The van der Waals surface area contributed by atoms with Gasteiger partial charge in [-0.1, -0.05) is 60.8 Å². The molecule has 0 bridgehead atoms. The van der Waals surface area contributed by atoms with Gasteiger partial charge in [-0.3, -0.25) is 19.5 Å². The van der Waals surface area contributed by atoms with Crippen molar-refractivity contribution in [2.45, 2.75) is 76.6 Å². The van der Waals surface area contributed by atoms with Crippen molar-refractivity contribution in [2.24, 2.45) is 0 Å². The molecule has 9 nitrogen and oxygen atoms in total. The molecule has 1 saturated carbocycles. The summed E-state index contributed by atoms with van der Waals surface area (Å²) >= 11 is 4.96. The van der Waals surface area contributed by atoms with Crippen LogP contribution >= 0.6 is 27.7 Å². The highest BCUT2D eigenvalue weighted by Crippen LogP contribution is 2.35. The third kappa shape index (κ3) is 6.93. The molecule has 1 aliphatic rings. The number of nitrogens with zero attached hydrogens (tertiary/aromatic N) is 4. The van der Waals surface area contributed by atoms with Crippen LogP contribution in [0.25, 0.3) is 0 Å². The van der Waals surface area contributed by atoms with E-state index in [9.17, 15) is 14.9 Å². The van der Waals surface area contributed by atoms with Crippen LogP contribution in [0, 0.1) is 17.0 Å². The van der Waals surface area contributed by atoms with Gasteiger partial charge in [-0.25, -0.2) is 0 Å². The van der Waals surface area contributed by atoms with Crippen LogP contribution in [0.1, 0.15) is 74.9 Å². The highest BCUT2D eigenvalue weighted by atomic mass is 79.9. The van der Waals surface area contributed by atoms with Crippen molar-refractivity contribution in [1.82, 2.24) is 14.8 Å². The van der Waals surface area contributed by atoms with Crippen molar-refractivity contribution in [3.05, 3.63) is 67.9 Å². The Kier molecular flexibility index (Phi) is 9.43. The molecule has 1 heterocycles. The number of ether oxygens (including phenoxy) is 1. The van der Waals surface area contributed by atoms with Crippen molar-refractivity contribution in [3.8, 4) is 5.75 Å². The first-order valence-corrected chi connectivity index (χ1v) is 14.5. The minimum absolute atomic E-state index is 0.0217. The Morgan fingerprint density at radius 3 is 2.58 bits per heavy atom. The number of non-ortho nitro benzene ring substituents is 1. The van der Waals surface area contributed by atoms with E-state index in [-0.39, 0.29) is 23.4 Å². The summed E-state index contributed by atoms with van der Waals surface area (Å²) in [6.45, 7) is 6.62. The minimum atomic E-state index is -0.470. The minimum Gasteiger partial charge on any atom is -0.485 e. The molecule has 38 heavy (non-hydrogen) atoms. The lowest BCUT2D eigenvalue weighted by atomic mass is 9.95. The summed E-state index contributed by atoms with van der Waals surface area (Å²) in [4.78, 5) is 23.0. The molecule has 4 rings (SSSR count). The second-order valence-electron chi connectivity index (χ2n) is 9.78. The lowest BCUT2D eigenvalue weighted by Crippen LogP contribution is -2.19. The van der Waals surface area contributed by atoms with Crippen molar-refractivity contribution < 1.29 is 14.5 Å². The summed E-state index contributed by atoms with van der Waals surface area (Å²) < 4.78 is 9.53. The zero-order chi connectivity index (χ0) is 27.2. The average molecular weight is 603 g/mol. The zero-order valence-electron chi connectivity index (χ0n) is 21.8. The molecule has 1 fully saturated rings. The van der Waals surface area contributed by atoms with Gasteiger partial charge < -0.3 is 10.1 Å². The average Bonchev–Trinajstić information content (AvgIpc) is 3.31. The molecule has 0 spiro atoms. The van der Waals surface area contributed by atoms with E-state index in [4.69, 9.17) is 4.74 Å². The van der Waals surface area contributed by atoms with Crippen LogP contribution in [0.15, 0.2) is 46.0 Å². The number of carbonyl (C=O) groups excluding carboxylic acids is 1. The Hall–Kier alpha value is -2.92. The van der Waals surface area contributed by atoms with E-state index < -0.39 is 4.92 Å². The molecule has 0 aliphatic heterocycles. The number of thioether (sulfide) groups is 1. The van der Waals surface area contributed by atoms with E-state index >= 15 is 0 Å². The molecule has 2 aromatic carbocycles. The molecule has 0 radical (unpaired) electrons. The molecule has 0 atom stereocenters. The van der Waals surface area contributed by atoms with E-state index in [1.807, 2.05) is 6.92 Å². The quantitative estimate of drug-likeness (QED) is 0.148. The molecule has 1 amide bonds. The number of benzene rings is 2. The second kappa shape index (κ2) is 12.8. The number of nitro benzene ring substituents is 1. The predicted octanol–water partition coefficient (Wildman–Crippen LogP) is 7.20. The van der Waals surface area contributed by atoms with Crippen molar-refractivity contribution in [3.63, 3.8) is 0 Å². The lowest BCUT2D eigenvalue weighted by Gasteiger charge is -2.25. The summed E-state index contributed by atoms with van der Waals surface area (Å²) in [6, 6.07) is 10.2. The molecule has 0 saturated heterocycles. The van der Waals surface area contributed by atoms with Crippen molar-refractivity contribution in [1.29, 1.82) is 0 Å². The first kappa shape index (κ1) is 28.1. The highest BCUT2D eigenvalue weighted by Gasteiger charge is 2.24. The molecule has 202 valence electrons. The SMILES string of the molecule is Cc1cc(OCc2nnc(SCC(=O)Nc3ccc([N+](=O)[O-])cc3)n2C2CCCCC2)c(C(C)C)cc1Br. The topological polar surface area (TPSA) is 112 Å². The van der Waals surface area contributed by atoms with Gasteiger partial charge in [0.25, 0.3) is 5.69 Å². The van der Waals surface area contributed by atoms with E-state index in [0.29, 0.717) is 23.4 Å². The van der Waals surface area contributed by atoms with Crippen LogP contribution in [0.5, 0.6) is 5.75 Å². The summed E-state index contributed by atoms with van der Waals surface area (Å²) in [5, 5.41) is 23.2. The number of hydrogen-bond acceptors (Lipinski definition) is 7. The number of amides is 1. The highest BCUT2D eigenvalue weighted by molar-refractivity contribution is 9.10. The number of nitro groups is 1. The van der Waals surface area contributed by atoms with Gasteiger partial charge in [0.15, 0.2) is 11.0 Å². The number of halogens is 1. The molecular formula is C27H32BrN5O4S. The first-order chi connectivity index (χ1) is 18.2. The van der Waals surface area contributed by atoms with Gasteiger partial charge in [-0.05, 0) is 61.1 Å². The van der Waals surface area contributed by atoms with Crippen LogP contribution < -0.4 is 10.1 Å². The molecule has 1 aromatic heterocycles. The Balaban J connectivity index is 1.48. The zero-order valence-corrected chi connectivity index (χ0v) is 24.2. The van der Waals surface area contributed by atoms with Crippen LogP contribution in [0.2, 0.25) is 0 Å². The van der Waals surface area contributed by atoms with Crippen LogP contribution in [0.4, 0.5) is 11.4 Å². The van der Waals surface area contributed by atoms with Crippen LogP contribution in [-0.2, 0) is 11.4 Å². The van der Waals surface area contributed by atoms with Crippen molar-refractivity contribution >= 4 is 45.0 Å². The summed E-state index contributed by atoms with van der Waals surface area (Å²) in [7, 11) is 0. The maximum Gasteiger partial charge on any atom is 0.269 e. The Morgan fingerprint density at radius 1 is 1.21 bits per heavy atom. The number of carbonyl (C=O) groups is 1. The number of nitrogens with one attached hydrogen (secondary N) is 1. The van der Waals surface area contributed by atoms with E-state index in [1.54, 1.807) is 0 Å². The fourth-order valence-electron chi connectivity index (χ4n) is 4.59. The number of aryl methyl sites for hydroxylation is 1. The van der Waals surface area contributed by atoms with Gasteiger partial charge in [-0.15, -0.1) is 10.2 Å². The fraction of sp³-hybridized carbons (Fsp3) is 0.444. The smallest absolute Gasteiger partial charge is 0.269 e. The normalized spacial score (nSPS) is 14.0. The molecule has 0 unspecified atom stereocenters. The maximum atomic E-state index is 12.6. The van der Waals surface area contributed by atoms with Gasteiger partial charge in [0.2, 0.25) is 5.91 Å². The number of hydrogen-bond donors (Lipinski definition) is 1. The fourth-order valence-corrected chi connectivity index (χ4v) is 5.78. The largest absolute Gasteiger partial charge is 0.485 e. The number of rotatable bonds is 10. The summed E-state index contributed by atoms with van der Waals surface area (Å²) in [5.41, 5.74) is 2.72. The molecule has 11 heteroatoms. The second-order valence-corrected chi connectivity index (χ2v) is 11.6. The van der Waals surface area contributed by atoms with Crippen LogP contribution in [-0.4, -0.2) is 31.3 Å². The predicted molar refractivity (Wildman–Crippen MR) is 152 cm³/mol. The molecule has 3 aromatic rings. The van der Waals surface area contributed by atoms with Gasteiger partial charge in [-0.2, -0.15) is 0 Å². The Labute approximate surface area is 235 Å². The Bertz CT molecular complexity index is 1290. The van der Waals surface area contributed by atoms with Gasteiger partial charge in [0.05, 0.1) is 10.7 Å². The third-order valence-corrected chi connectivity index (χ3v) is 8.44. The number of anilines is 1. The summed E-state index contributed by atoms with van der Waals surface area (Å²) in [5.74, 6) is 1.83. The maximum absolute atomic E-state index is 12.6. The van der Waals surface area contributed by atoms with Gasteiger partial charge in [0, 0.05) is 28.3 Å².